The lowest BCUT2D eigenvalue weighted by atomic mass is 9.86. The summed E-state index contributed by atoms with van der Waals surface area (Å²) in [7, 11) is 0. The van der Waals surface area contributed by atoms with Crippen LogP contribution in [0.2, 0.25) is 0 Å². The summed E-state index contributed by atoms with van der Waals surface area (Å²) in [6, 6.07) is 0.648. The summed E-state index contributed by atoms with van der Waals surface area (Å²) in [5.74, 6) is 0.836. The Morgan fingerprint density at radius 3 is 2.47 bits per heavy atom. The van der Waals surface area contributed by atoms with Gasteiger partial charge in [-0.3, -0.25) is 4.90 Å². The zero-order chi connectivity index (χ0) is 12.9. The first kappa shape index (κ1) is 15.0. The molecule has 0 aliphatic carbocycles. The van der Waals surface area contributed by atoms with Gasteiger partial charge >= 0.3 is 0 Å². The van der Waals surface area contributed by atoms with Crippen LogP contribution < -0.4 is 5.32 Å². The van der Waals surface area contributed by atoms with Crippen LogP contribution in [0.1, 0.15) is 60.3 Å². The number of hydrogen-bond donors (Lipinski definition) is 1. The molecule has 102 valence electrons. The maximum absolute atomic E-state index is 3.67. The van der Waals surface area contributed by atoms with Crippen LogP contribution in [0.3, 0.4) is 0 Å². The van der Waals surface area contributed by atoms with Gasteiger partial charge < -0.3 is 5.32 Å². The van der Waals surface area contributed by atoms with Gasteiger partial charge in [0.05, 0.1) is 0 Å². The molecule has 1 aliphatic heterocycles. The smallest absolute Gasteiger partial charge is 0.0329 e. The molecule has 2 nitrogen and oxygen atoms in total. The van der Waals surface area contributed by atoms with Gasteiger partial charge in [0.15, 0.2) is 0 Å². The summed E-state index contributed by atoms with van der Waals surface area (Å²) >= 11 is 0. The molecule has 1 saturated heterocycles. The highest BCUT2D eigenvalue weighted by molar-refractivity contribution is 4.96. The second-order valence-corrected chi connectivity index (χ2v) is 6.01. The minimum atomic E-state index is 0.411. The first-order valence-electron chi connectivity index (χ1n) is 7.56. The molecule has 0 aromatic heterocycles. The molecule has 0 bridgehead atoms. The van der Waals surface area contributed by atoms with Gasteiger partial charge in [-0.2, -0.15) is 0 Å². The van der Waals surface area contributed by atoms with Gasteiger partial charge in [0.1, 0.15) is 0 Å². The summed E-state index contributed by atoms with van der Waals surface area (Å²) < 4.78 is 0. The van der Waals surface area contributed by atoms with Crippen molar-refractivity contribution in [1.29, 1.82) is 0 Å². The summed E-state index contributed by atoms with van der Waals surface area (Å²) in [6.45, 7) is 15.4. The molecule has 0 amide bonds. The Hall–Kier alpha value is -0.0800. The van der Waals surface area contributed by atoms with Crippen molar-refractivity contribution in [3.8, 4) is 0 Å². The van der Waals surface area contributed by atoms with Gasteiger partial charge in [0.25, 0.3) is 0 Å². The van der Waals surface area contributed by atoms with Crippen LogP contribution in [0.4, 0.5) is 0 Å². The molecule has 2 atom stereocenters. The second-order valence-electron chi connectivity index (χ2n) is 6.01. The van der Waals surface area contributed by atoms with Crippen molar-refractivity contribution in [3.05, 3.63) is 0 Å². The monoisotopic (exact) mass is 240 g/mol. The molecule has 1 rings (SSSR count). The molecule has 0 radical (unpaired) electrons. The number of rotatable bonds is 6. The third-order valence-corrected chi connectivity index (χ3v) is 4.57. The number of hydrogen-bond acceptors (Lipinski definition) is 2. The van der Waals surface area contributed by atoms with Crippen molar-refractivity contribution < 1.29 is 0 Å². The van der Waals surface area contributed by atoms with Gasteiger partial charge in [-0.25, -0.2) is 0 Å². The fourth-order valence-corrected chi connectivity index (χ4v) is 3.24. The van der Waals surface area contributed by atoms with Crippen LogP contribution in [0, 0.1) is 5.92 Å². The first-order valence-corrected chi connectivity index (χ1v) is 7.56. The molecule has 2 unspecified atom stereocenters. The Bertz CT molecular complexity index is 211. The zero-order valence-electron chi connectivity index (χ0n) is 12.6. The molecule has 17 heavy (non-hydrogen) atoms. The third kappa shape index (κ3) is 3.69. The second kappa shape index (κ2) is 6.75. The normalized spacial score (nSPS) is 27.0. The van der Waals surface area contributed by atoms with Crippen LogP contribution in [0.25, 0.3) is 0 Å². The highest BCUT2D eigenvalue weighted by atomic mass is 15.3. The fraction of sp³-hybridized carbons (Fsp3) is 1.00. The van der Waals surface area contributed by atoms with Gasteiger partial charge in [0, 0.05) is 31.2 Å². The van der Waals surface area contributed by atoms with E-state index in [-0.39, 0.29) is 0 Å². The van der Waals surface area contributed by atoms with Crippen molar-refractivity contribution >= 4 is 0 Å². The Labute approximate surface area is 108 Å². The van der Waals surface area contributed by atoms with Crippen molar-refractivity contribution in [1.82, 2.24) is 10.2 Å². The Morgan fingerprint density at radius 1 is 1.29 bits per heavy atom. The highest BCUT2D eigenvalue weighted by Crippen LogP contribution is 2.28. The van der Waals surface area contributed by atoms with E-state index in [1.165, 1.54) is 45.3 Å². The van der Waals surface area contributed by atoms with E-state index in [1.807, 2.05) is 0 Å². The molecule has 1 N–H and O–H groups in total. The first-order chi connectivity index (χ1) is 8.07. The molecule has 0 spiro atoms. The van der Waals surface area contributed by atoms with Crippen molar-refractivity contribution in [2.75, 3.05) is 19.6 Å². The highest BCUT2D eigenvalue weighted by Gasteiger charge is 2.37. The number of piperazine rings is 1. The van der Waals surface area contributed by atoms with E-state index in [4.69, 9.17) is 0 Å². The van der Waals surface area contributed by atoms with Crippen LogP contribution >= 0.6 is 0 Å². The fourth-order valence-electron chi connectivity index (χ4n) is 3.24. The minimum Gasteiger partial charge on any atom is -0.311 e. The van der Waals surface area contributed by atoms with E-state index in [0.29, 0.717) is 11.6 Å². The molecule has 1 heterocycles. The summed E-state index contributed by atoms with van der Waals surface area (Å²) in [5.41, 5.74) is 0.411. The number of nitrogens with one attached hydrogen (secondary N) is 1. The Kier molecular flexibility index (Phi) is 5.94. The van der Waals surface area contributed by atoms with E-state index in [0.717, 1.165) is 5.92 Å². The standard InChI is InChI=1S/C15H32N2/c1-6-9-13(4)10-17-11-14(5)16-12-15(17,7-2)8-3/h13-14,16H,6-12H2,1-5H3. The summed E-state index contributed by atoms with van der Waals surface area (Å²) in [6.07, 6.45) is 5.21. The lowest BCUT2D eigenvalue weighted by Gasteiger charge is -2.50. The van der Waals surface area contributed by atoms with E-state index >= 15 is 0 Å². The molecule has 2 heteroatoms. The minimum absolute atomic E-state index is 0.411. The van der Waals surface area contributed by atoms with Gasteiger partial charge in [-0.1, -0.05) is 34.1 Å². The van der Waals surface area contributed by atoms with Crippen molar-refractivity contribution in [2.45, 2.75) is 71.9 Å². The molecule has 0 aromatic rings. The van der Waals surface area contributed by atoms with Gasteiger partial charge in [0.2, 0.25) is 0 Å². The summed E-state index contributed by atoms with van der Waals surface area (Å²) in [4.78, 5) is 2.77. The van der Waals surface area contributed by atoms with E-state index in [2.05, 4.69) is 44.8 Å². The quantitative estimate of drug-likeness (QED) is 0.766. The maximum Gasteiger partial charge on any atom is 0.0329 e. The molecule has 1 fully saturated rings. The molecular weight excluding hydrogens is 208 g/mol. The topological polar surface area (TPSA) is 15.3 Å². The Balaban J connectivity index is 2.67. The van der Waals surface area contributed by atoms with Crippen molar-refractivity contribution in [3.63, 3.8) is 0 Å². The predicted octanol–water partition coefficient (Wildman–Crippen LogP) is 3.28. The number of nitrogens with zero attached hydrogens (tertiary/aromatic N) is 1. The Morgan fingerprint density at radius 2 is 1.94 bits per heavy atom. The van der Waals surface area contributed by atoms with E-state index < -0.39 is 0 Å². The zero-order valence-corrected chi connectivity index (χ0v) is 12.6. The lowest BCUT2D eigenvalue weighted by molar-refractivity contribution is 0.0227. The van der Waals surface area contributed by atoms with Crippen LogP contribution in [-0.4, -0.2) is 36.1 Å². The predicted molar refractivity (Wildman–Crippen MR) is 76.4 cm³/mol. The van der Waals surface area contributed by atoms with E-state index in [1.54, 1.807) is 0 Å². The van der Waals surface area contributed by atoms with Gasteiger partial charge in [-0.15, -0.1) is 0 Å². The lowest BCUT2D eigenvalue weighted by Crippen LogP contribution is -2.64. The maximum atomic E-state index is 3.67. The molecule has 0 aromatic carbocycles. The van der Waals surface area contributed by atoms with Crippen molar-refractivity contribution in [2.24, 2.45) is 5.92 Å². The third-order valence-electron chi connectivity index (χ3n) is 4.57. The molecule has 0 saturated carbocycles. The van der Waals surface area contributed by atoms with Crippen LogP contribution in [0.15, 0.2) is 0 Å². The largest absolute Gasteiger partial charge is 0.311 e. The molecular formula is C15H32N2. The van der Waals surface area contributed by atoms with Crippen LogP contribution in [-0.2, 0) is 0 Å². The average Bonchev–Trinajstić information content (AvgIpc) is 2.30. The molecule has 1 aliphatic rings. The average molecular weight is 240 g/mol. The summed E-state index contributed by atoms with van der Waals surface area (Å²) in [5, 5.41) is 3.67. The van der Waals surface area contributed by atoms with Gasteiger partial charge in [-0.05, 0) is 32.1 Å². The van der Waals surface area contributed by atoms with E-state index in [9.17, 15) is 0 Å². The SMILES string of the molecule is CCCC(C)CN1CC(C)NCC1(CC)CC. The van der Waals surface area contributed by atoms with Crippen LogP contribution in [0.5, 0.6) is 0 Å².